The number of carbonyl (C=O) groups excluding carboxylic acids is 2. The molecule has 0 aliphatic rings. The van der Waals surface area contributed by atoms with E-state index in [1.807, 2.05) is 19.9 Å². The van der Waals surface area contributed by atoms with Crippen LogP contribution in [0.15, 0.2) is 59.7 Å². The van der Waals surface area contributed by atoms with Crippen LogP contribution < -0.4 is 20.2 Å². The average Bonchev–Trinajstić information content (AvgIpc) is 2.84. The van der Waals surface area contributed by atoms with Crippen molar-refractivity contribution in [1.82, 2.24) is 5.43 Å². The molecule has 3 aromatic carbocycles. The Morgan fingerprint density at radius 1 is 0.972 bits per heavy atom. The van der Waals surface area contributed by atoms with E-state index in [2.05, 4.69) is 15.8 Å². The number of nitrogens with one attached hydrogen (secondary N) is 2. The number of hydrogen-bond acceptors (Lipinski definition) is 7. The van der Waals surface area contributed by atoms with Crippen LogP contribution in [0, 0.1) is 30.9 Å². The van der Waals surface area contributed by atoms with Gasteiger partial charge in [0.05, 0.1) is 18.2 Å². The minimum atomic E-state index is -0.907. The SMILES string of the molecule is COc1ccc(/C=N/NC(=O)C(=O)Nc2ccc(C)c(C)c2)cc1COc1ccc([N+](=O)[O-])c(C)c1. The van der Waals surface area contributed by atoms with Crippen molar-refractivity contribution in [2.24, 2.45) is 5.10 Å². The number of methoxy groups -OCH3 is 1. The number of amides is 2. The minimum absolute atomic E-state index is 0.0165. The molecule has 10 heteroatoms. The molecule has 0 aromatic heterocycles. The van der Waals surface area contributed by atoms with E-state index in [1.165, 1.54) is 25.5 Å². The van der Waals surface area contributed by atoms with Crippen molar-refractivity contribution >= 4 is 29.4 Å². The maximum atomic E-state index is 12.1. The number of nitro benzene ring substituents is 1. The summed E-state index contributed by atoms with van der Waals surface area (Å²) in [5.41, 5.74) is 6.62. The Hall–Kier alpha value is -4.73. The van der Waals surface area contributed by atoms with Crippen molar-refractivity contribution in [2.45, 2.75) is 27.4 Å². The Morgan fingerprint density at radius 3 is 2.42 bits per heavy atom. The number of nitro groups is 1. The van der Waals surface area contributed by atoms with Gasteiger partial charge in [-0.05, 0) is 79.9 Å². The van der Waals surface area contributed by atoms with Gasteiger partial charge < -0.3 is 14.8 Å². The first kappa shape index (κ1) is 25.9. The topological polar surface area (TPSA) is 132 Å². The molecule has 0 saturated heterocycles. The molecule has 2 N–H and O–H groups in total. The van der Waals surface area contributed by atoms with Crippen LogP contribution in [0.4, 0.5) is 11.4 Å². The third-order valence-corrected chi connectivity index (χ3v) is 5.41. The normalized spacial score (nSPS) is 10.7. The van der Waals surface area contributed by atoms with Gasteiger partial charge in [-0.3, -0.25) is 19.7 Å². The third-order valence-electron chi connectivity index (χ3n) is 5.41. The smallest absolute Gasteiger partial charge is 0.329 e. The van der Waals surface area contributed by atoms with Gasteiger partial charge in [0.25, 0.3) is 5.69 Å². The zero-order valence-electron chi connectivity index (χ0n) is 20.3. The summed E-state index contributed by atoms with van der Waals surface area (Å²) in [5, 5.41) is 17.4. The zero-order chi connectivity index (χ0) is 26.2. The highest BCUT2D eigenvalue weighted by Gasteiger charge is 2.14. The van der Waals surface area contributed by atoms with Gasteiger partial charge in [-0.15, -0.1) is 0 Å². The second-order valence-electron chi connectivity index (χ2n) is 8.02. The number of aryl methyl sites for hydroxylation is 3. The molecule has 0 unspecified atom stereocenters. The number of carbonyl (C=O) groups is 2. The lowest BCUT2D eigenvalue weighted by Crippen LogP contribution is -2.32. The number of hydrogen-bond donors (Lipinski definition) is 2. The summed E-state index contributed by atoms with van der Waals surface area (Å²) >= 11 is 0. The van der Waals surface area contributed by atoms with E-state index in [1.54, 1.807) is 43.3 Å². The van der Waals surface area contributed by atoms with Crippen molar-refractivity contribution in [3.8, 4) is 11.5 Å². The van der Waals surface area contributed by atoms with Crippen molar-refractivity contribution in [3.63, 3.8) is 0 Å². The van der Waals surface area contributed by atoms with Crippen molar-refractivity contribution in [1.29, 1.82) is 0 Å². The van der Waals surface area contributed by atoms with E-state index in [0.29, 0.717) is 33.9 Å². The number of ether oxygens (including phenoxy) is 2. The lowest BCUT2D eigenvalue weighted by molar-refractivity contribution is -0.385. The number of benzene rings is 3. The zero-order valence-corrected chi connectivity index (χ0v) is 20.3. The molecule has 0 aliphatic heterocycles. The molecule has 0 spiro atoms. The predicted molar refractivity (Wildman–Crippen MR) is 135 cm³/mol. The molecule has 10 nitrogen and oxygen atoms in total. The fraction of sp³-hybridized carbons (Fsp3) is 0.192. The molecule has 186 valence electrons. The largest absolute Gasteiger partial charge is 0.496 e. The monoisotopic (exact) mass is 490 g/mol. The highest BCUT2D eigenvalue weighted by molar-refractivity contribution is 6.39. The lowest BCUT2D eigenvalue weighted by atomic mass is 10.1. The lowest BCUT2D eigenvalue weighted by Gasteiger charge is -2.11. The Bertz CT molecular complexity index is 1340. The fourth-order valence-electron chi connectivity index (χ4n) is 3.30. The second kappa shape index (κ2) is 11.6. The summed E-state index contributed by atoms with van der Waals surface area (Å²) in [6, 6.07) is 15.1. The molecule has 3 aromatic rings. The molecule has 2 amide bonds. The molecule has 0 radical (unpaired) electrons. The van der Waals surface area contributed by atoms with Crippen LogP contribution in [0.5, 0.6) is 11.5 Å². The van der Waals surface area contributed by atoms with Crippen molar-refractivity contribution in [3.05, 3.63) is 92.5 Å². The average molecular weight is 491 g/mol. The number of nitrogens with zero attached hydrogens (tertiary/aromatic N) is 2. The molecule has 0 heterocycles. The number of anilines is 1. The van der Waals surface area contributed by atoms with Crippen LogP contribution in [0.25, 0.3) is 0 Å². The van der Waals surface area contributed by atoms with E-state index in [4.69, 9.17) is 9.47 Å². The highest BCUT2D eigenvalue weighted by Crippen LogP contribution is 2.26. The number of hydrazone groups is 1. The maximum absolute atomic E-state index is 12.1. The molecule has 0 fully saturated rings. The van der Waals surface area contributed by atoms with Crippen LogP contribution >= 0.6 is 0 Å². The quantitative estimate of drug-likeness (QED) is 0.211. The van der Waals surface area contributed by atoms with E-state index >= 15 is 0 Å². The molecule has 36 heavy (non-hydrogen) atoms. The molecule has 0 saturated carbocycles. The van der Waals surface area contributed by atoms with Crippen LogP contribution in [0.1, 0.15) is 27.8 Å². The van der Waals surface area contributed by atoms with Crippen LogP contribution in [0.3, 0.4) is 0 Å². The Kier molecular flexibility index (Phi) is 8.35. The van der Waals surface area contributed by atoms with Gasteiger partial charge in [0.15, 0.2) is 0 Å². The second-order valence-corrected chi connectivity index (χ2v) is 8.02. The van der Waals surface area contributed by atoms with Gasteiger partial charge in [0.1, 0.15) is 18.1 Å². The third kappa shape index (κ3) is 6.66. The summed E-state index contributed by atoms with van der Waals surface area (Å²) in [5.74, 6) is -0.698. The van der Waals surface area contributed by atoms with Crippen molar-refractivity contribution in [2.75, 3.05) is 12.4 Å². The van der Waals surface area contributed by atoms with Crippen LogP contribution in [-0.4, -0.2) is 30.1 Å². The molecular weight excluding hydrogens is 464 g/mol. The van der Waals surface area contributed by atoms with Gasteiger partial charge >= 0.3 is 11.8 Å². The minimum Gasteiger partial charge on any atom is -0.496 e. The Morgan fingerprint density at radius 2 is 1.75 bits per heavy atom. The van der Waals surface area contributed by atoms with Gasteiger partial charge in [-0.2, -0.15) is 5.10 Å². The summed E-state index contributed by atoms with van der Waals surface area (Å²) in [6.45, 7) is 5.64. The van der Waals surface area contributed by atoms with Crippen molar-refractivity contribution < 1.29 is 24.0 Å². The van der Waals surface area contributed by atoms with E-state index in [-0.39, 0.29) is 12.3 Å². The van der Waals surface area contributed by atoms with E-state index in [0.717, 1.165) is 11.1 Å². The van der Waals surface area contributed by atoms with E-state index < -0.39 is 16.7 Å². The standard InChI is InChI=1S/C26H26N4O6/c1-16-5-7-21(11-17(16)2)28-25(31)26(32)29-27-14-19-6-10-24(35-4)20(13-19)15-36-22-8-9-23(30(33)34)18(3)12-22/h5-14H,15H2,1-4H3,(H,28,31)(H,29,32)/b27-14+. The molecule has 0 aliphatic carbocycles. The predicted octanol–water partition coefficient (Wildman–Crippen LogP) is 4.20. The number of rotatable bonds is 8. The Labute approximate surface area is 208 Å². The first-order valence-electron chi connectivity index (χ1n) is 10.9. The first-order valence-corrected chi connectivity index (χ1v) is 10.9. The summed E-state index contributed by atoms with van der Waals surface area (Å²) < 4.78 is 11.2. The maximum Gasteiger partial charge on any atom is 0.329 e. The summed E-state index contributed by atoms with van der Waals surface area (Å²) in [7, 11) is 1.52. The molecule has 3 rings (SSSR count). The van der Waals surface area contributed by atoms with Crippen LogP contribution in [-0.2, 0) is 16.2 Å². The fourth-order valence-corrected chi connectivity index (χ4v) is 3.30. The van der Waals surface area contributed by atoms with Crippen LogP contribution in [0.2, 0.25) is 0 Å². The van der Waals surface area contributed by atoms with E-state index in [9.17, 15) is 19.7 Å². The molecule has 0 atom stereocenters. The first-order chi connectivity index (χ1) is 17.2. The summed E-state index contributed by atoms with van der Waals surface area (Å²) in [6.07, 6.45) is 1.39. The summed E-state index contributed by atoms with van der Waals surface area (Å²) in [4.78, 5) is 34.8. The van der Waals surface area contributed by atoms with Gasteiger partial charge in [-0.1, -0.05) is 6.07 Å². The van der Waals surface area contributed by atoms with Gasteiger partial charge in [-0.25, -0.2) is 5.43 Å². The van der Waals surface area contributed by atoms with Gasteiger partial charge in [0, 0.05) is 22.9 Å². The molecule has 0 bridgehead atoms. The Balaban J connectivity index is 1.62. The highest BCUT2D eigenvalue weighted by atomic mass is 16.6. The molecular formula is C26H26N4O6. The van der Waals surface area contributed by atoms with Gasteiger partial charge in [0.2, 0.25) is 0 Å².